The van der Waals surface area contributed by atoms with E-state index in [2.05, 4.69) is 15.6 Å². The first-order valence-electron chi connectivity index (χ1n) is 10.9. The Kier molecular flexibility index (Phi) is 8.07. The third-order valence-electron chi connectivity index (χ3n) is 5.70. The topological polar surface area (TPSA) is 121 Å². The van der Waals surface area contributed by atoms with E-state index in [4.69, 9.17) is 4.74 Å². The van der Waals surface area contributed by atoms with Crippen LogP contribution in [0.25, 0.3) is 10.9 Å². The van der Waals surface area contributed by atoms with Crippen LogP contribution in [0.1, 0.15) is 31.4 Å². The summed E-state index contributed by atoms with van der Waals surface area (Å²) in [5, 5.41) is 15.8. The van der Waals surface area contributed by atoms with Crippen LogP contribution < -0.4 is 10.6 Å². The molecule has 0 saturated heterocycles. The van der Waals surface area contributed by atoms with Gasteiger partial charge in [0.1, 0.15) is 18.7 Å². The Balaban J connectivity index is 1.66. The minimum atomic E-state index is -1.15. The molecule has 0 bridgehead atoms. The van der Waals surface area contributed by atoms with Crippen LogP contribution in [0.4, 0.5) is 4.79 Å². The number of aliphatic carboxylic acids is 1. The molecule has 0 aliphatic heterocycles. The standard InChI is InChI=1S/C25H29N3O5/c1-3-16(2)22(28-25(32)33-15-17-9-5-4-6-10-17)23(29)27-21(24(30)31)13-18-14-26-20-12-8-7-11-19(18)20/h4-12,14,16,21-22,26H,3,13,15H2,1-2H3,(H,27,29)(H,28,32)(H,30,31)/t16-,21+,22+/m1/s1. The summed E-state index contributed by atoms with van der Waals surface area (Å²) < 4.78 is 5.24. The van der Waals surface area contributed by atoms with Gasteiger partial charge in [0.05, 0.1) is 0 Å². The zero-order valence-corrected chi connectivity index (χ0v) is 18.7. The van der Waals surface area contributed by atoms with Gasteiger partial charge < -0.3 is 25.5 Å². The minimum Gasteiger partial charge on any atom is -0.480 e. The summed E-state index contributed by atoms with van der Waals surface area (Å²) in [5.74, 6) is -1.94. The molecule has 0 saturated carbocycles. The van der Waals surface area contributed by atoms with Gasteiger partial charge in [-0.15, -0.1) is 0 Å². The molecule has 8 nitrogen and oxygen atoms in total. The fraction of sp³-hybridized carbons (Fsp3) is 0.320. The van der Waals surface area contributed by atoms with Gasteiger partial charge in [0.2, 0.25) is 5.91 Å². The summed E-state index contributed by atoms with van der Waals surface area (Å²) >= 11 is 0. The Morgan fingerprint density at radius 2 is 1.73 bits per heavy atom. The number of para-hydroxylation sites is 1. The van der Waals surface area contributed by atoms with E-state index < -0.39 is 30.1 Å². The second-order valence-electron chi connectivity index (χ2n) is 8.03. The van der Waals surface area contributed by atoms with E-state index in [9.17, 15) is 19.5 Å². The molecule has 0 spiro atoms. The van der Waals surface area contributed by atoms with Crippen molar-refractivity contribution >= 4 is 28.9 Å². The number of carbonyl (C=O) groups is 3. The number of H-pyrrole nitrogens is 1. The van der Waals surface area contributed by atoms with Gasteiger partial charge in [-0.3, -0.25) is 4.79 Å². The highest BCUT2D eigenvalue weighted by Gasteiger charge is 2.30. The van der Waals surface area contributed by atoms with Crippen LogP contribution in [0.5, 0.6) is 0 Å². The molecule has 0 fully saturated rings. The molecule has 3 aromatic rings. The van der Waals surface area contributed by atoms with Crippen molar-refractivity contribution in [1.82, 2.24) is 15.6 Å². The third kappa shape index (κ3) is 6.35. The first-order valence-corrected chi connectivity index (χ1v) is 10.9. The maximum absolute atomic E-state index is 13.0. The molecule has 1 aromatic heterocycles. The quantitative estimate of drug-likeness (QED) is 0.375. The second kappa shape index (κ2) is 11.2. The summed E-state index contributed by atoms with van der Waals surface area (Å²) in [6.45, 7) is 3.78. The average Bonchev–Trinajstić information content (AvgIpc) is 3.23. The molecule has 2 aromatic carbocycles. The van der Waals surface area contributed by atoms with Gasteiger partial charge in [-0.25, -0.2) is 9.59 Å². The molecule has 1 heterocycles. The number of amides is 2. The van der Waals surface area contributed by atoms with Crippen molar-refractivity contribution in [2.75, 3.05) is 0 Å². The normalized spacial score (nSPS) is 13.6. The van der Waals surface area contributed by atoms with E-state index >= 15 is 0 Å². The molecule has 2 amide bonds. The zero-order valence-electron chi connectivity index (χ0n) is 18.7. The van der Waals surface area contributed by atoms with Crippen molar-refractivity contribution in [3.8, 4) is 0 Å². The Morgan fingerprint density at radius 1 is 1.03 bits per heavy atom. The third-order valence-corrected chi connectivity index (χ3v) is 5.70. The molecule has 0 aliphatic rings. The van der Waals surface area contributed by atoms with E-state index in [0.717, 1.165) is 22.0 Å². The Labute approximate surface area is 192 Å². The number of hydrogen-bond donors (Lipinski definition) is 4. The van der Waals surface area contributed by atoms with Crippen molar-refractivity contribution in [3.05, 3.63) is 71.9 Å². The lowest BCUT2D eigenvalue weighted by molar-refractivity contribution is -0.142. The molecule has 3 rings (SSSR count). The number of alkyl carbamates (subject to hydrolysis) is 1. The molecule has 0 unspecified atom stereocenters. The van der Waals surface area contributed by atoms with Crippen LogP contribution in [0.2, 0.25) is 0 Å². The maximum atomic E-state index is 13.0. The molecule has 0 aliphatic carbocycles. The fourth-order valence-electron chi connectivity index (χ4n) is 3.58. The Hall–Kier alpha value is -3.81. The van der Waals surface area contributed by atoms with Gasteiger partial charge in [0.25, 0.3) is 0 Å². The number of hydrogen-bond acceptors (Lipinski definition) is 4. The molecule has 4 N–H and O–H groups in total. The number of benzene rings is 2. The van der Waals surface area contributed by atoms with E-state index in [1.54, 1.807) is 6.20 Å². The number of rotatable bonds is 10. The van der Waals surface area contributed by atoms with Crippen LogP contribution in [-0.4, -0.2) is 40.1 Å². The molecular weight excluding hydrogens is 422 g/mol. The predicted molar refractivity (Wildman–Crippen MR) is 125 cm³/mol. The first kappa shape index (κ1) is 23.8. The van der Waals surface area contributed by atoms with Crippen molar-refractivity contribution < 1.29 is 24.2 Å². The van der Waals surface area contributed by atoms with E-state index in [0.29, 0.717) is 6.42 Å². The summed E-state index contributed by atoms with van der Waals surface area (Å²) in [6, 6.07) is 14.7. The molecule has 33 heavy (non-hydrogen) atoms. The molecule has 3 atom stereocenters. The monoisotopic (exact) mass is 451 g/mol. The van der Waals surface area contributed by atoms with Gasteiger partial charge in [0, 0.05) is 23.5 Å². The minimum absolute atomic E-state index is 0.0693. The smallest absolute Gasteiger partial charge is 0.408 e. The van der Waals surface area contributed by atoms with Gasteiger partial charge >= 0.3 is 12.1 Å². The molecule has 8 heteroatoms. The number of ether oxygens (including phenoxy) is 1. The van der Waals surface area contributed by atoms with Crippen molar-refractivity contribution in [1.29, 1.82) is 0 Å². The number of fused-ring (bicyclic) bond motifs is 1. The average molecular weight is 452 g/mol. The lowest BCUT2D eigenvalue weighted by Crippen LogP contribution is -2.54. The fourth-order valence-corrected chi connectivity index (χ4v) is 3.58. The lowest BCUT2D eigenvalue weighted by atomic mass is 9.97. The Bertz CT molecular complexity index is 1100. The molecule has 0 radical (unpaired) electrons. The van der Waals surface area contributed by atoms with Crippen molar-refractivity contribution in [2.45, 2.75) is 45.4 Å². The molecule has 174 valence electrons. The van der Waals surface area contributed by atoms with Crippen molar-refractivity contribution in [2.24, 2.45) is 5.92 Å². The Morgan fingerprint density at radius 3 is 2.42 bits per heavy atom. The summed E-state index contributed by atoms with van der Waals surface area (Å²) in [7, 11) is 0. The largest absolute Gasteiger partial charge is 0.480 e. The lowest BCUT2D eigenvalue weighted by Gasteiger charge is -2.25. The van der Waals surface area contributed by atoms with E-state index in [-0.39, 0.29) is 18.9 Å². The highest BCUT2D eigenvalue weighted by Crippen LogP contribution is 2.19. The van der Waals surface area contributed by atoms with Crippen LogP contribution in [0, 0.1) is 5.92 Å². The number of carboxylic acids is 1. The molecular formula is C25H29N3O5. The number of carbonyl (C=O) groups excluding carboxylic acids is 2. The number of carboxylic acid groups (broad SMARTS) is 1. The van der Waals surface area contributed by atoms with Gasteiger partial charge in [0.15, 0.2) is 0 Å². The van der Waals surface area contributed by atoms with Gasteiger partial charge in [-0.2, -0.15) is 0 Å². The van der Waals surface area contributed by atoms with Crippen LogP contribution in [0.3, 0.4) is 0 Å². The van der Waals surface area contributed by atoms with Gasteiger partial charge in [-0.1, -0.05) is 68.8 Å². The summed E-state index contributed by atoms with van der Waals surface area (Å²) in [4.78, 5) is 40.4. The van der Waals surface area contributed by atoms with E-state index in [1.807, 2.05) is 68.4 Å². The second-order valence-corrected chi connectivity index (χ2v) is 8.03. The summed E-state index contributed by atoms with van der Waals surface area (Å²) in [6.07, 6.45) is 1.73. The van der Waals surface area contributed by atoms with Crippen LogP contribution >= 0.6 is 0 Å². The predicted octanol–water partition coefficient (Wildman–Crippen LogP) is 3.62. The first-order chi connectivity index (χ1) is 15.9. The number of nitrogens with one attached hydrogen (secondary N) is 3. The van der Waals surface area contributed by atoms with E-state index in [1.165, 1.54) is 0 Å². The summed E-state index contributed by atoms with van der Waals surface area (Å²) in [5.41, 5.74) is 2.50. The number of aromatic amines is 1. The van der Waals surface area contributed by atoms with Gasteiger partial charge in [-0.05, 0) is 23.1 Å². The zero-order chi connectivity index (χ0) is 23.8. The SMILES string of the molecule is CC[C@@H](C)[C@H](NC(=O)OCc1ccccc1)C(=O)N[C@@H](Cc1c[nH]c2ccccc12)C(=O)O. The highest BCUT2D eigenvalue weighted by atomic mass is 16.5. The van der Waals surface area contributed by atoms with Crippen LogP contribution in [0.15, 0.2) is 60.8 Å². The number of aromatic nitrogens is 1. The maximum Gasteiger partial charge on any atom is 0.408 e. The van der Waals surface area contributed by atoms with Crippen molar-refractivity contribution in [3.63, 3.8) is 0 Å². The van der Waals surface area contributed by atoms with Crippen LogP contribution in [-0.2, 0) is 27.4 Å². The highest BCUT2D eigenvalue weighted by molar-refractivity contribution is 5.90.